The van der Waals surface area contributed by atoms with Crippen molar-refractivity contribution in [3.63, 3.8) is 0 Å². The van der Waals surface area contributed by atoms with Crippen molar-refractivity contribution in [2.24, 2.45) is 11.5 Å². The second-order valence-corrected chi connectivity index (χ2v) is 6.07. The third-order valence-corrected chi connectivity index (χ3v) is 3.54. The molecule has 0 saturated heterocycles. The summed E-state index contributed by atoms with van der Waals surface area (Å²) in [5.41, 5.74) is 10.7. The first-order valence-corrected chi connectivity index (χ1v) is 6.76. The first-order valence-electron chi connectivity index (χ1n) is 3.97. The molecule has 0 fully saturated rings. The fourth-order valence-electron chi connectivity index (χ4n) is 0.726. The molecule has 4 radical (unpaired) electrons. The van der Waals surface area contributed by atoms with Gasteiger partial charge in [0.2, 0.25) is 0 Å². The molecule has 0 unspecified atom stereocenters. The van der Waals surface area contributed by atoms with Crippen molar-refractivity contribution in [2.75, 3.05) is 11.5 Å². The van der Waals surface area contributed by atoms with Crippen molar-refractivity contribution in [2.45, 2.75) is 19.3 Å². The van der Waals surface area contributed by atoms with Gasteiger partial charge in [-0.1, -0.05) is 54.4 Å². The Kier molecular flexibility index (Phi) is 15.8. The molecule has 0 heterocycles. The first-order chi connectivity index (χ1) is 6.13. The number of nitrogens with two attached hydrogens (primary N) is 2. The Labute approximate surface area is 125 Å². The Bertz CT molecular complexity index is 159. The van der Waals surface area contributed by atoms with Gasteiger partial charge in [0, 0.05) is 38.8 Å². The van der Waals surface area contributed by atoms with Gasteiger partial charge in [-0.3, -0.25) is 0 Å². The van der Waals surface area contributed by atoms with E-state index >= 15 is 0 Å². The number of hydrogen-bond donors (Lipinski definition) is 2. The van der Waals surface area contributed by atoms with Gasteiger partial charge in [-0.05, 0) is 12.8 Å². The van der Waals surface area contributed by atoms with E-state index in [1.165, 1.54) is 6.42 Å². The molecular weight excluding hydrogens is 448 g/mol. The smallest absolute Gasteiger partial charge is 0.131 e. The van der Waals surface area contributed by atoms with E-state index in [9.17, 15) is 0 Å². The third-order valence-electron chi connectivity index (χ3n) is 1.28. The van der Waals surface area contributed by atoms with Gasteiger partial charge in [0.15, 0.2) is 0 Å². The van der Waals surface area contributed by atoms with Crippen molar-refractivity contribution in [1.29, 1.82) is 0 Å². The number of hydrogen-bond acceptors (Lipinski definition) is 4. The number of thiocarbonyl (C=S) groups is 2. The van der Waals surface area contributed by atoms with Crippen LogP contribution in [-0.4, -0.2) is 47.4 Å². The zero-order valence-corrected chi connectivity index (χ0v) is 15.0. The second kappa shape index (κ2) is 12.5. The van der Waals surface area contributed by atoms with E-state index in [4.69, 9.17) is 35.9 Å². The largest absolute Gasteiger partial charge is 0.385 e. The molecule has 0 bridgehead atoms. The minimum absolute atomic E-state index is 0. The molecule has 0 spiro atoms. The SMILES string of the molecule is NC(=S)SCCCCCSC(N)=S.[Pb]. The maximum atomic E-state index is 5.33. The van der Waals surface area contributed by atoms with Gasteiger partial charge in [-0.2, -0.15) is 0 Å². The predicted molar refractivity (Wildman–Crippen MR) is 78.1 cm³/mol. The molecule has 0 aliphatic heterocycles. The van der Waals surface area contributed by atoms with E-state index in [1.807, 2.05) is 0 Å². The molecular formula is C7H14N2PbS4. The Morgan fingerprint density at radius 2 is 1.21 bits per heavy atom. The molecule has 0 aromatic heterocycles. The summed E-state index contributed by atoms with van der Waals surface area (Å²) in [6, 6.07) is 0. The standard InChI is InChI=1S/C7H14N2S4.Pb/c8-6(10)12-4-2-1-3-5-13-7(9)11;/h1-5H2,(H2,8,10)(H2,9,11);. The summed E-state index contributed by atoms with van der Waals surface area (Å²) in [7, 11) is 0. The monoisotopic (exact) mass is 462 g/mol. The molecule has 0 saturated carbocycles. The van der Waals surface area contributed by atoms with Crippen LogP contribution in [0.25, 0.3) is 0 Å². The van der Waals surface area contributed by atoms with E-state index in [1.54, 1.807) is 23.5 Å². The summed E-state index contributed by atoms with van der Waals surface area (Å²) < 4.78 is 1.08. The summed E-state index contributed by atoms with van der Waals surface area (Å²) in [5.74, 6) is 2.04. The summed E-state index contributed by atoms with van der Waals surface area (Å²) in [4.78, 5) is 0. The van der Waals surface area contributed by atoms with Gasteiger partial charge in [-0.25, -0.2) is 0 Å². The normalized spacial score (nSPS) is 9.14. The molecule has 4 N–H and O–H groups in total. The van der Waals surface area contributed by atoms with Crippen LogP contribution >= 0.6 is 48.0 Å². The van der Waals surface area contributed by atoms with Crippen molar-refractivity contribution in [3.8, 4) is 0 Å². The van der Waals surface area contributed by atoms with Crippen LogP contribution in [0.5, 0.6) is 0 Å². The quantitative estimate of drug-likeness (QED) is 0.357. The average molecular weight is 462 g/mol. The van der Waals surface area contributed by atoms with E-state index in [0.717, 1.165) is 24.3 Å². The molecule has 0 aromatic rings. The second-order valence-electron chi connectivity index (χ2n) is 2.40. The van der Waals surface area contributed by atoms with Crippen LogP contribution in [0.1, 0.15) is 19.3 Å². The Morgan fingerprint density at radius 3 is 1.50 bits per heavy atom. The van der Waals surface area contributed by atoms with Gasteiger partial charge in [0.1, 0.15) is 8.64 Å². The minimum atomic E-state index is 0. The number of unbranched alkanes of at least 4 members (excludes halogenated alkanes) is 2. The number of rotatable bonds is 6. The van der Waals surface area contributed by atoms with Gasteiger partial charge in [-0.15, -0.1) is 0 Å². The van der Waals surface area contributed by atoms with Crippen LogP contribution in [0.4, 0.5) is 0 Å². The molecule has 0 atom stereocenters. The molecule has 0 aliphatic rings. The summed E-state index contributed by atoms with van der Waals surface area (Å²) in [6.45, 7) is 0. The fraction of sp³-hybridized carbons (Fsp3) is 0.714. The van der Waals surface area contributed by atoms with Crippen molar-refractivity contribution >= 4 is 83.9 Å². The Morgan fingerprint density at radius 1 is 0.857 bits per heavy atom. The van der Waals surface area contributed by atoms with Crippen LogP contribution in [0.3, 0.4) is 0 Å². The fourth-order valence-corrected chi connectivity index (χ4v) is 2.33. The predicted octanol–water partition coefficient (Wildman–Crippen LogP) is 1.73. The molecule has 14 heavy (non-hydrogen) atoms. The van der Waals surface area contributed by atoms with E-state index in [2.05, 4.69) is 0 Å². The third kappa shape index (κ3) is 15.9. The zero-order valence-electron chi connectivity index (χ0n) is 7.82. The first kappa shape index (κ1) is 17.8. The van der Waals surface area contributed by atoms with Crippen LogP contribution in [-0.2, 0) is 0 Å². The van der Waals surface area contributed by atoms with Crippen LogP contribution in [0, 0.1) is 0 Å². The molecule has 7 heteroatoms. The zero-order chi connectivity index (χ0) is 10.1. The van der Waals surface area contributed by atoms with Crippen LogP contribution in [0.2, 0.25) is 0 Å². The Hall–Kier alpha value is 1.40. The van der Waals surface area contributed by atoms with Crippen LogP contribution in [0.15, 0.2) is 0 Å². The molecule has 2 nitrogen and oxygen atoms in total. The molecule has 0 rings (SSSR count). The maximum absolute atomic E-state index is 5.33. The summed E-state index contributed by atoms with van der Waals surface area (Å²) >= 11 is 12.6. The molecule has 80 valence electrons. The van der Waals surface area contributed by atoms with E-state index in [0.29, 0.717) is 8.64 Å². The van der Waals surface area contributed by atoms with Gasteiger partial charge in [0.05, 0.1) is 0 Å². The summed E-state index contributed by atoms with van der Waals surface area (Å²) in [6.07, 6.45) is 3.49. The molecule has 0 amide bonds. The average Bonchev–Trinajstić information content (AvgIpc) is 2.01. The van der Waals surface area contributed by atoms with Gasteiger partial charge < -0.3 is 11.5 Å². The topological polar surface area (TPSA) is 52.0 Å². The van der Waals surface area contributed by atoms with Crippen LogP contribution < -0.4 is 11.5 Å². The molecule has 0 aromatic carbocycles. The van der Waals surface area contributed by atoms with Crippen molar-refractivity contribution in [1.82, 2.24) is 0 Å². The summed E-state index contributed by atoms with van der Waals surface area (Å²) in [5, 5.41) is 0. The van der Waals surface area contributed by atoms with Crippen molar-refractivity contribution in [3.05, 3.63) is 0 Å². The van der Waals surface area contributed by atoms with E-state index in [-0.39, 0.29) is 27.3 Å². The maximum Gasteiger partial charge on any atom is 0.131 e. The van der Waals surface area contributed by atoms with E-state index < -0.39 is 0 Å². The van der Waals surface area contributed by atoms with Gasteiger partial charge >= 0.3 is 0 Å². The molecule has 0 aliphatic carbocycles. The minimum Gasteiger partial charge on any atom is -0.385 e. The number of thioether (sulfide) groups is 2. The van der Waals surface area contributed by atoms with Crippen molar-refractivity contribution < 1.29 is 0 Å². The van der Waals surface area contributed by atoms with Gasteiger partial charge in [0.25, 0.3) is 0 Å². The Balaban J connectivity index is 0.